The number of hydrogen-bond donors (Lipinski definition) is 0. The van der Waals surface area contributed by atoms with Gasteiger partial charge >= 0.3 is 0 Å². The van der Waals surface area contributed by atoms with Crippen LogP contribution in [0.5, 0.6) is 0 Å². The molecule has 0 N–H and O–H groups in total. The zero-order chi connectivity index (χ0) is 17.2. The molecule has 0 fully saturated rings. The van der Waals surface area contributed by atoms with E-state index in [0.717, 1.165) is 15.4 Å². The Hall–Kier alpha value is -2.04. The summed E-state index contributed by atoms with van der Waals surface area (Å²) < 4.78 is 25.3. The Balaban J connectivity index is 1.83. The summed E-state index contributed by atoms with van der Waals surface area (Å²) in [7, 11) is -3.46. The molecule has 24 heavy (non-hydrogen) atoms. The number of sulfone groups is 1. The molecule has 3 rings (SSSR count). The largest absolute Gasteiger partial charge is 0.219 e. The van der Waals surface area contributed by atoms with Crippen LogP contribution in [-0.2, 0) is 9.84 Å². The van der Waals surface area contributed by atoms with E-state index < -0.39 is 9.84 Å². The van der Waals surface area contributed by atoms with Crippen LogP contribution in [0.2, 0.25) is 0 Å². The smallest absolute Gasteiger partial charge is 0.206 e. The predicted molar refractivity (Wildman–Crippen MR) is 98.4 cm³/mol. The lowest BCUT2D eigenvalue weighted by atomic mass is 10.2. The van der Waals surface area contributed by atoms with Crippen molar-refractivity contribution < 1.29 is 8.42 Å². The molecule has 0 aliphatic rings. The first-order chi connectivity index (χ1) is 11.4. The van der Waals surface area contributed by atoms with Gasteiger partial charge in [0.2, 0.25) is 9.84 Å². The van der Waals surface area contributed by atoms with E-state index in [1.807, 2.05) is 31.2 Å². The predicted octanol–water partition coefficient (Wildman–Crippen LogP) is 5.29. The maximum absolute atomic E-state index is 12.6. The van der Waals surface area contributed by atoms with Crippen LogP contribution in [0.4, 0.5) is 0 Å². The van der Waals surface area contributed by atoms with Crippen LogP contribution < -0.4 is 0 Å². The highest BCUT2D eigenvalue weighted by Crippen LogP contribution is 2.29. The summed E-state index contributed by atoms with van der Waals surface area (Å²) in [4.78, 5) is 2.79. The van der Waals surface area contributed by atoms with Crippen LogP contribution in [-0.4, -0.2) is 8.42 Å². The zero-order valence-corrected chi connectivity index (χ0v) is 15.2. The fourth-order valence-electron chi connectivity index (χ4n) is 2.28. The van der Waals surface area contributed by atoms with Crippen molar-refractivity contribution >= 4 is 21.6 Å². The molecule has 0 unspecified atom stereocenters. The van der Waals surface area contributed by atoms with Crippen molar-refractivity contribution in [2.24, 2.45) is 0 Å². The van der Waals surface area contributed by atoms with Crippen LogP contribution in [0.15, 0.2) is 92.4 Å². The van der Waals surface area contributed by atoms with Gasteiger partial charge < -0.3 is 0 Å². The summed E-state index contributed by atoms with van der Waals surface area (Å²) >= 11 is 1.62. The molecule has 0 saturated carbocycles. The van der Waals surface area contributed by atoms with Crippen LogP contribution >= 0.6 is 11.8 Å². The van der Waals surface area contributed by atoms with Crippen molar-refractivity contribution in [2.45, 2.75) is 33.4 Å². The second-order valence-electron chi connectivity index (χ2n) is 5.70. The first-order valence-electron chi connectivity index (χ1n) is 7.61. The summed E-state index contributed by atoms with van der Waals surface area (Å²) in [6.45, 7) is 3.99. The highest BCUT2D eigenvalue weighted by molar-refractivity contribution is 7.99. The Kier molecular flexibility index (Phi) is 4.78. The summed E-state index contributed by atoms with van der Waals surface area (Å²) in [5, 5.41) is 0. The van der Waals surface area contributed by atoms with Crippen molar-refractivity contribution in [3.8, 4) is 0 Å². The fraction of sp³-hybridized carbons (Fsp3) is 0.100. The highest BCUT2D eigenvalue weighted by Gasteiger charge is 2.17. The number of hydrogen-bond acceptors (Lipinski definition) is 3. The maximum Gasteiger partial charge on any atom is 0.206 e. The van der Waals surface area contributed by atoms with Crippen molar-refractivity contribution in [1.82, 2.24) is 0 Å². The van der Waals surface area contributed by atoms with Gasteiger partial charge in [0, 0.05) is 9.79 Å². The molecule has 3 aromatic rings. The Morgan fingerprint density at radius 2 is 0.917 bits per heavy atom. The lowest BCUT2D eigenvalue weighted by Gasteiger charge is -2.07. The monoisotopic (exact) mass is 354 g/mol. The average molecular weight is 354 g/mol. The van der Waals surface area contributed by atoms with Gasteiger partial charge in [0.15, 0.2) is 0 Å². The third-order valence-corrected chi connectivity index (χ3v) is 6.52. The lowest BCUT2D eigenvalue weighted by molar-refractivity contribution is 0.596. The first-order valence-corrected chi connectivity index (χ1v) is 9.91. The maximum atomic E-state index is 12.6. The molecule has 4 heteroatoms. The van der Waals surface area contributed by atoms with Crippen LogP contribution in [0.25, 0.3) is 0 Å². The molecule has 0 saturated heterocycles. The van der Waals surface area contributed by atoms with E-state index in [2.05, 4.69) is 31.2 Å². The van der Waals surface area contributed by atoms with Gasteiger partial charge in [0.25, 0.3) is 0 Å². The molecule has 0 aliphatic heterocycles. The Bertz CT molecular complexity index is 924. The quantitative estimate of drug-likeness (QED) is 0.638. The Morgan fingerprint density at radius 3 is 1.38 bits per heavy atom. The molecule has 0 heterocycles. The minimum atomic E-state index is -3.46. The molecule has 0 aromatic heterocycles. The van der Waals surface area contributed by atoms with Gasteiger partial charge in [-0.25, -0.2) is 8.42 Å². The summed E-state index contributed by atoms with van der Waals surface area (Å²) in [5.41, 5.74) is 2.26. The van der Waals surface area contributed by atoms with Gasteiger partial charge in [-0.2, -0.15) is 0 Å². The normalized spacial score (nSPS) is 11.4. The molecule has 0 amide bonds. The minimum Gasteiger partial charge on any atom is -0.219 e. The summed E-state index contributed by atoms with van der Waals surface area (Å²) in [6, 6.07) is 22.3. The summed E-state index contributed by atoms with van der Waals surface area (Å²) in [5.74, 6) is 0. The molecule has 0 aliphatic carbocycles. The SMILES string of the molecule is Cc1ccc(Sc2ccc(S(=O)(=O)c3ccc(C)cc3)cc2)cc1. The van der Waals surface area contributed by atoms with E-state index >= 15 is 0 Å². The molecule has 0 spiro atoms. The van der Waals surface area contributed by atoms with Gasteiger partial charge in [-0.05, 0) is 62.4 Å². The van der Waals surface area contributed by atoms with E-state index in [1.165, 1.54) is 5.56 Å². The molecular formula is C20H18O2S2. The third kappa shape index (κ3) is 3.71. The van der Waals surface area contributed by atoms with Crippen molar-refractivity contribution in [3.05, 3.63) is 83.9 Å². The van der Waals surface area contributed by atoms with Crippen LogP contribution in [0.3, 0.4) is 0 Å². The average Bonchev–Trinajstić information content (AvgIpc) is 2.58. The van der Waals surface area contributed by atoms with Gasteiger partial charge in [-0.3, -0.25) is 0 Å². The van der Waals surface area contributed by atoms with E-state index in [9.17, 15) is 8.42 Å². The molecule has 0 atom stereocenters. The van der Waals surface area contributed by atoms with Gasteiger partial charge in [0.1, 0.15) is 0 Å². The second kappa shape index (κ2) is 6.83. The van der Waals surface area contributed by atoms with Gasteiger partial charge in [-0.15, -0.1) is 0 Å². The van der Waals surface area contributed by atoms with E-state index in [-0.39, 0.29) is 0 Å². The lowest BCUT2D eigenvalue weighted by Crippen LogP contribution is -2.01. The molecular weight excluding hydrogens is 336 g/mol. The Morgan fingerprint density at radius 1 is 0.583 bits per heavy atom. The highest BCUT2D eigenvalue weighted by atomic mass is 32.2. The van der Waals surface area contributed by atoms with Crippen LogP contribution in [0, 0.1) is 13.8 Å². The molecule has 2 nitrogen and oxygen atoms in total. The molecule has 0 bridgehead atoms. The van der Waals surface area contributed by atoms with E-state index in [4.69, 9.17) is 0 Å². The number of benzene rings is 3. The topological polar surface area (TPSA) is 34.1 Å². The number of rotatable bonds is 4. The van der Waals surface area contributed by atoms with Crippen molar-refractivity contribution in [1.29, 1.82) is 0 Å². The fourth-order valence-corrected chi connectivity index (χ4v) is 4.36. The standard InChI is InChI=1S/C20H18O2S2/c1-15-3-7-17(8-4-15)23-18-9-13-20(14-10-18)24(21,22)19-11-5-16(2)6-12-19/h3-14H,1-2H3. The zero-order valence-electron chi connectivity index (χ0n) is 13.6. The van der Waals surface area contributed by atoms with Crippen LogP contribution in [0.1, 0.15) is 11.1 Å². The minimum absolute atomic E-state index is 0.319. The third-order valence-electron chi connectivity index (χ3n) is 3.72. The first kappa shape index (κ1) is 16.8. The Labute approximate surface area is 147 Å². The number of aryl methyl sites for hydroxylation is 2. The van der Waals surface area contributed by atoms with Crippen molar-refractivity contribution in [2.75, 3.05) is 0 Å². The van der Waals surface area contributed by atoms with Crippen molar-refractivity contribution in [3.63, 3.8) is 0 Å². The molecule has 3 aromatic carbocycles. The molecule has 122 valence electrons. The summed E-state index contributed by atoms with van der Waals surface area (Å²) in [6.07, 6.45) is 0. The second-order valence-corrected chi connectivity index (χ2v) is 8.80. The van der Waals surface area contributed by atoms with E-state index in [0.29, 0.717) is 9.79 Å². The molecule has 0 radical (unpaired) electrons. The van der Waals surface area contributed by atoms with Gasteiger partial charge in [-0.1, -0.05) is 47.2 Å². The van der Waals surface area contributed by atoms with Gasteiger partial charge in [0.05, 0.1) is 9.79 Å². The van der Waals surface area contributed by atoms with E-state index in [1.54, 1.807) is 36.0 Å².